The van der Waals surface area contributed by atoms with E-state index in [4.69, 9.17) is 5.11 Å². The molecular weight excluding hydrogens is 152 g/mol. The van der Waals surface area contributed by atoms with Crippen LogP contribution in [0.5, 0.6) is 0 Å². The normalized spacial score (nSPS) is 43.0. The summed E-state index contributed by atoms with van der Waals surface area (Å²) < 4.78 is 2.02. The minimum Gasteiger partial charge on any atom is -0.347 e. The molecule has 3 nitrogen and oxygen atoms in total. The van der Waals surface area contributed by atoms with E-state index in [1.165, 1.54) is 24.1 Å². The molecule has 1 N–H and O–H groups in total. The number of hydrogen-bond donors (Lipinski definition) is 1. The van der Waals surface area contributed by atoms with E-state index >= 15 is 0 Å². The third-order valence-electron chi connectivity index (χ3n) is 3.46. The molecule has 0 aromatic heterocycles. The van der Waals surface area contributed by atoms with Crippen molar-refractivity contribution in [3.63, 3.8) is 0 Å². The van der Waals surface area contributed by atoms with Crippen molar-refractivity contribution < 1.29 is 14.1 Å². The summed E-state index contributed by atoms with van der Waals surface area (Å²) in [6.07, 6.45) is 0. The number of aliphatic hydroxyl groups excluding tert-OH is 1. The van der Waals surface area contributed by atoms with Crippen LogP contribution in [0.4, 0.5) is 0 Å². The lowest BCUT2D eigenvalue weighted by Gasteiger charge is -2.44. The number of rotatable bonds is 2. The van der Waals surface area contributed by atoms with Gasteiger partial charge in [0.25, 0.3) is 0 Å². The molecule has 1 heterocycles. The number of hydrogen-bond acceptors (Lipinski definition) is 1. The van der Waals surface area contributed by atoms with Crippen LogP contribution in [-0.4, -0.2) is 67.6 Å². The van der Waals surface area contributed by atoms with E-state index in [1.54, 1.807) is 0 Å². The van der Waals surface area contributed by atoms with E-state index in [-0.39, 0.29) is 0 Å². The van der Waals surface area contributed by atoms with Gasteiger partial charge in [-0.1, -0.05) is 0 Å². The summed E-state index contributed by atoms with van der Waals surface area (Å²) >= 11 is 0. The van der Waals surface area contributed by atoms with Gasteiger partial charge in [0, 0.05) is 0 Å². The molecule has 0 aromatic carbocycles. The highest BCUT2D eigenvalue weighted by Gasteiger charge is 2.35. The molecule has 0 aromatic rings. The molecule has 0 unspecified atom stereocenters. The zero-order valence-corrected chi connectivity index (χ0v) is 8.58. The molecule has 1 rings (SSSR count). The second-order valence-electron chi connectivity index (χ2n) is 4.59. The molecule has 1 aliphatic heterocycles. The van der Waals surface area contributed by atoms with Gasteiger partial charge in [0.05, 0.1) is 20.6 Å². The Morgan fingerprint density at radius 1 is 1.00 bits per heavy atom. The molecule has 1 aliphatic rings. The number of quaternary nitrogens is 2. The van der Waals surface area contributed by atoms with Gasteiger partial charge in [-0.3, -0.25) is 4.48 Å². The lowest BCUT2D eigenvalue weighted by Crippen LogP contribution is -2.64. The predicted molar refractivity (Wildman–Crippen MR) is 49.5 cm³/mol. The highest BCUT2D eigenvalue weighted by molar-refractivity contribution is 4.46. The zero-order valence-electron chi connectivity index (χ0n) is 8.58. The van der Waals surface area contributed by atoms with Crippen LogP contribution < -0.4 is 0 Å². The summed E-state index contributed by atoms with van der Waals surface area (Å²) in [4.78, 5) is 0. The second-order valence-corrected chi connectivity index (χ2v) is 4.59. The Labute approximate surface area is 75.4 Å². The maximum atomic E-state index is 9.16. The van der Waals surface area contributed by atoms with E-state index in [2.05, 4.69) is 21.0 Å². The topological polar surface area (TPSA) is 20.2 Å². The molecule has 12 heavy (non-hydrogen) atoms. The highest BCUT2D eigenvalue weighted by Crippen LogP contribution is 2.13. The predicted octanol–water partition coefficient (Wildman–Crippen LogP) is -0.137. The first-order valence-corrected chi connectivity index (χ1v) is 4.82. The molecule has 0 radical (unpaired) electrons. The summed E-state index contributed by atoms with van der Waals surface area (Å²) in [6, 6.07) is 0. The highest BCUT2D eigenvalue weighted by atomic mass is 16.3. The van der Waals surface area contributed by atoms with Gasteiger partial charge >= 0.3 is 0 Å². The Morgan fingerprint density at radius 3 is 1.75 bits per heavy atom. The van der Waals surface area contributed by atoms with Gasteiger partial charge < -0.3 is 9.59 Å². The van der Waals surface area contributed by atoms with Gasteiger partial charge in [0.15, 0.2) is 6.73 Å². The van der Waals surface area contributed by atoms with Crippen molar-refractivity contribution in [3.8, 4) is 0 Å². The first-order chi connectivity index (χ1) is 5.54. The Kier molecular flexibility index (Phi) is 2.76. The first kappa shape index (κ1) is 9.96. The summed E-state index contributed by atoms with van der Waals surface area (Å²) in [5.41, 5.74) is 0. The van der Waals surface area contributed by atoms with Crippen molar-refractivity contribution in [2.45, 2.75) is 6.92 Å². The van der Waals surface area contributed by atoms with Gasteiger partial charge in [-0.25, -0.2) is 0 Å². The van der Waals surface area contributed by atoms with Crippen molar-refractivity contribution in [2.24, 2.45) is 0 Å². The number of likely N-dealkylation sites (N-methyl/N-ethyl adjacent to an activating group) is 2. The van der Waals surface area contributed by atoms with Crippen LogP contribution in [0.15, 0.2) is 0 Å². The van der Waals surface area contributed by atoms with Crippen LogP contribution in [-0.2, 0) is 0 Å². The third kappa shape index (κ3) is 1.97. The summed E-state index contributed by atoms with van der Waals surface area (Å²) in [5, 5.41) is 9.16. The van der Waals surface area contributed by atoms with Gasteiger partial charge in [-0.2, -0.15) is 0 Å². The molecule has 0 spiro atoms. The standard InChI is InChI=1S/C9H22N2O/c1-4-10(2)5-7-11(3,9-12)8-6-10/h12H,4-9H2,1-3H3/q+2. The minimum absolute atomic E-state index is 0.295. The van der Waals surface area contributed by atoms with Gasteiger partial charge in [-0.05, 0) is 6.92 Å². The van der Waals surface area contributed by atoms with Crippen molar-refractivity contribution in [1.29, 1.82) is 0 Å². The average molecular weight is 174 g/mol. The van der Waals surface area contributed by atoms with Crippen molar-refractivity contribution in [1.82, 2.24) is 0 Å². The Hall–Kier alpha value is -0.120. The first-order valence-electron chi connectivity index (χ1n) is 4.82. The van der Waals surface area contributed by atoms with E-state index in [0.29, 0.717) is 6.73 Å². The van der Waals surface area contributed by atoms with E-state index in [0.717, 1.165) is 17.6 Å². The van der Waals surface area contributed by atoms with Gasteiger partial charge in [0.1, 0.15) is 26.2 Å². The molecule has 1 fully saturated rings. The molecule has 3 heteroatoms. The molecular formula is C9H22N2O+2. The molecule has 1 saturated heterocycles. The molecule has 0 aliphatic carbocycles. The number of piperazine rings is 1. The molecule has 0 amide bonds. The Balaban J connectivity index is 2.49. The monoisotopic (exact) mass is 174 g/mol. The summed E-state index contributed by atoms with van der Waals surface area (Å²) in [6.45, 7) is 8.38. The molecule has 0 saturated carbocycles. The molecule has 0 bridgehead atoms. The second kappa shape index (κ2) is 3.32. The van der Waals surface area contributed by atoms with Crippen LogP contribution in [0, 0.1) is 0 Å². The van der Waals surface area contributed by atoms with Crippen LogP contribution >= 0.6 is 0 Å². The Bertz CT molecular complexity index is 133. The number of aliphatic hydroxyl groups is 1. The van der Waals surface area contributed by atoms with Crippen LogP contribution in [0.25, 0.3) is 0 Å². The number of nitrogens with zero attached hydrogens (tertiary/aromatic N) is 2. The van der Waals surface area contributed by atoms with Gasteiger partial charge in [-0.15, -0.1) is 0 Å². The smallest absolute Gasteiger partial charge is 0.180 e. The third-order valence-corrected chi connectivity index (χ3v) is 3.46. The molecule has 72 valence electrons. The zero-order chi connectivity index (χ0) is 9.24. The quantitative estimate of drug-likeness (QED) is 0.578. The van der Waals surface area contributed by atoms with Crippen LogP contribution in [0.3, 0.4) is 0 Å². The lowest BCUT2D eigenvalue weighted by atomic mass is 10.2. The van der Waals surface area contributed by atoms with Crippen LogP contribution in [0.1, 0.15) is 6.92 Å². The average Bonchev–Trinajstić information content (AvgIpc) is 2.11. The largest absolute Gasteiger partial charge is 0.347 e. The fourth-order valence-electron chi connectivity index (χ4n) is 1.65. The SMILES string of the molecule is CC[N+]1(C)CC[N+](C)(CO)CC1. The summed E-state index contributed by atoms with van der Waals surface area (Å²) in [5.74, 6) is 0. The minimum atomic E-state index is 0.295. The van der Waals surface area contributed by atoms with E-state index < -0.39 is 0 Å². The lowest BCUT2D eigenvalue weighted by molar-refractivity contribution is -1.02. The van der Waals surface area contributed by atoms with E-state index in [9.17, 15) is 0 Å². The maximum absolute atomic E-state index is 9.16. The van der Waals surface area contributed by atoms with Crippen LogP contribution in [0.2, 0.25) is 0 Å². The maximum Gasteiger partial charge on any atom is 0.180 e. The van der Waals surface area contributed by atoms with Crippen molar-refractivity contribution in [3.05, 3.63) is 0 Å². The van der Waals surface area contributed by atoms with Crippen molar-refractivity contribution in [2.75, 3.05) is 53.5 Å². The van der Waals surface area contributed by atoms with Gasteiger partial charge in [0.2, 0.25) is 0 Å². The molecule has 0 atom stereocenters. The Morgan fingerprint density at radius 2 is 1.42 bits per heavy atom. The van der Waals surface area contributed by atoms with E-state index in [1.807, 2.05) is 0 Å². The fraction of sp³-hybridized carbons (Fsp3) is 1.00. The fourth-order valence-corrected chi connectivity index (χ4v) is 1.65. The van der Waals surface area contributed by atoms with Crippen molar-refractivity contribution >= 4 is 0 Å². The summed E-state index contributed by atoms with van der Waals surface area (Å²) in [7, 11) is 4.44.